The van der Waals surface area contributed by atoms with Gasteiger partial charge in [-0.05, 0) is 69.8 Å². The summed E-state index contributed by atoms with van der Waals surface area (Å²) in [6.07, 6.45) is 7.81. The number of hydrogen-bond donors (Lipinski definition) is 1. The van der Waals surface area contributed by atoms with Crippen LogP contribution in [0, 0.1) is 11.8 Å². The minimum absolute atomic E-state index is 0. The fraction of sp³-hybridized carbons (Fsp3) is 0.556. The zero-order valence-corrected chi connectivity index (χ0v) is 23.8. The van der Waals surface area contributed by atoms with Gasteiger partial charge < -0.3 is 19.9 Å². The van der Waals surface area contributed by atoms with Gasteiger partial charge in [0.2, 0.25) is 5.91 Å². The predicted octanol–water partition coefficient (Wildman–Crippen LogP) is 3.79. The van der Waals surface area contributed by atoms with Crippen LogP contribution < -0.4 is 15.0 Å². The van der Waals surface area contributed by atoms with E-state index in [-0.39, 0.29) is 30.7 Å². The molecule has 1 amide bonds. The third-order valence-corrected chi connectivity index (χ3v) is 7.53. The van der Waals surface area contributed by atoms with Crippen LogP contribution in [0.1, 0.15) is 38.2 Å². The summed E-state index contributed by atoms with van der Waals surface area (Å²) < 4.78 is 7.55. The first-order valence-electron chi connectivity index (χ1n) is 13.2. The average Bonchev–Trinajstić information content (AvgIpc) is 3.32. The van der Waals surface area contributed by atoms with Gasteiger partial charge in [-0.3, -0.25) is 4.79 Å². The van der Waals surface area contributed by atoms with Gasteiger partial charge in [-0.25, -0.2) is 14.6 Å². The summed E-state index contributed by atoms with van der Waals surface area (Å²) in [5, 5.41) is 8.84. The standard InChI is InChI=1S/C27H37N7O2.2ClH/c1-3-36-23-6-4-5-21(15-23)18-34-26-24(17-31-34)25(29-19-30-26)32-11-13-33(14-12-32)27(35)22-9-7-20(8-10-22)16-28-2;;/h4-6,15,17,19-20,22,28H,3,7-14,16,18H2,1-2H3;2*1H/t20-,22-;;. The van der Waals surface area contributed by atoms with Gasteiger partial charge in [-0.1, -0.05) is 12.1 Å². The number of halogens is 2. The molecular formula is C27H39Cl2N7O2. The Bertz CT molecular complexity index is 1180. The van der Waals surface area contributed by atoms with Crippen LogP contribution in [0.3, 0.4) is 0 Å². The maximum absolute atomic E-state index is 13.2. The Morgan fingerprint density at radius 3 is 2.55 bits per heavy atom. The number of benzene rings is 1. The predicted molar refractivity (Wildman–Crippen MR) is 155 cm³/mol. The van der Waals surface area contributed by atoms with Crippen molar-refractivity contribution in [2.24, 2.45) is 11.8 Å². The lowest BCUT2D eigenvalue weighted by molar-refractivity contribution is -0.137. The molecule has 3 heterocycles. The molecule has 2 aromatic heterocycles. The van der Waals surface area contributed by atoms with Crippen molar-refractivity contribution in [1.82, 2.24) is 30.0 Å². The Labute approximate surface area is 237 Å². The number of nitrogens with zero attached hydrogens (tertiary/aromatic N) is 6. The average molecular weight is 565 g/mol. The van der Waals surface area contributed by atoms with Gasteiger partial charge in [-0.15, -0.1) is 24.8 Å². The molecular weight excluding hydrogens is 525 g/mol. The Kier molecular flexibility index (Phi) is 11.0. The molecule has 1 aliphatic carbocycles. The van der Waals surface area contributed by atoms with Gasteiger partial charge in [0.25, 0.3) is 0 Å². The molecule has 9 nitrogen and oxygen atoms in total. The van der Waals surface area contributed by atoms with Crippen molar-refractivity contribution >= 4 is 47.6 Å². The molecule has 1 saturated carbocycles. The third-order valence-electron chi connectivity index (χ3n) is 7.53. The molecule has 0 atom stereocenters. The minimum atomic E-state index is 0. The Morgan fingerprint density at radius 1 is 1.08 bits per heavy atom. The number of aromatic nitrogens is 4. The minimum Gasteiger partial charge on any atom is -0.494 e. The molecule has 5 rings (SSSR count). The van der Waals surface area contributed by atoms with Crippen molar-refractivity contribution in [3.63, 3.8) is 0 Å². The van der Waals surface area contributed by atoms with Crippen LogP contribution in [0.25, 0.3) is 11.0 Å². The number of rotatable bonds is 8. The molecule has 0 bridgehead atoms. The monoisotopic (exact) mass is 563 g/mol. The van der Waals surface area contributed by atoms with Crippen molar-refractivity contribution in [2.45, 2.75) is 39.2 Å². The first-order valence-corrected chi connectivity index (χ1v) is 13.2. The lowest BCUT2D eigenvalue weighted by atomic mass is 9.81. The van der Waals surface area contributed by atoms with Crippen LogP contribution in [0.2, 0.25) is 0 Å². The second-order valence-electron chi connectivity index (χ2n) is 9.90. The highest BCUT2D eigenvalue weighted by Crippen LogP contribution is 2.31. The number of carbonyl (C=O) groups excluding carboxylic acids is 1. The highest BCUT2D eigenvalue weighted by atomic mass is 35.5. The fourth-order valence-electron chi connectivity index (χ4n) is 5.62. The number of fused-ring (bicyclic) bond motifs is 1. The van der Waals surface area contributed by atoms with Crippen LogP contribution in [-0.2, 0) is 11.3 Å². The molecule has 2 aliphatic rings. The second kappa shape index (κ2) is 14.0. The van der Waals surface area contributed by atoms with Crippen LogP contribution in [0.4, 0.5) is 5.82 Å². The smallest absolute Gasteiger partial charge is 0.225 e. The fourth-order valence-corrected chi connectivity index (χ4v) is 5.62. The number of hydrogen-bond acceptors (Lipinski definition) is 7. The summed E-state index contributed by atoms with van der Waals surface area (Å²) in [6, 6.07) is 8.08. The van der Waals surface area contributed by atoms with E-state index in [1.54, 1.807) is 6.33 Å². The van der Waals surface area contributed by atoms with E-state index in [0.717, 1.165) is 86.6 Å². The van der Waals surface area contributed by atoms with Crippen molar-refractivity contribution in [3.8, 4) is 5.75 Å². The number of ether oxygens (including phenoxy) is 1. The van der Waals surface area contributed by atoms with Gasteiger partial charge >= 0.3 is 0 Å². The molecule has 0 unspecified atom stereocenters. The summed E-state index contributed by atoms with van der Waals surface area (Å²) >= 11 is 0. The molecule has 1 aromatic carbocycles. The quantitative estimate of drug-likeness (QED) is 0.446. The molecule has 3 aromatic rings. The molecule has 1 saturated heterocycles. The van der Waals surface area contributed by atoms with Gasteiger partial charge in [0.05, 0.1) is 24.7 Å². The first-order chi connectivity index (χ1) is 17.7. The molecule has 0 spiro atoms. The number of amides is 1. The molecule has 38 heavy (non-hydrogen) atoms. The molecule has 208 valence electrons. The van der Waals surface area contributed by atoms with E-state index in [9.17, 15) is 4.79 Å². The lowest BCUT2D eigenvalue weighted by Gasteiger charge is -2.38. The normalized spacial score (nSPS) is 19.5. The summed E-state index contributed by atoms with van der Waals surface area (Å²) in [4.78, 5) is 26.6. The van der Waals surface area contributed by atoms with E-state index in [1.807, 2.05) is 43.0 Å². The number of piperazine rings is 1. The van der Waals surface area contributed by atoms with Gasteiger partial charge in [0.15, 0.2) is 5.65 Å². The Balaban J connectivity index is 0.00000200. The Hall–Kier alpha value is -2.62. The SMILES string of the molecule is CCOc1cccc(Cn2ncc3c(N4CCN(C(=O)[C@H]5CC[C@H](CNC)CC5)CC4)ncnc32)c1.Cl.Cl. The van der Waals surface area contributed by atoms with E-state index >= 15 is 0 Å². The molecule has 1 aliphatic heterocycles. The van der Waals surface area contributed by atoms with Crippen molar-refractivity contribution < 1.29 is 9.53 Å². The lowest BCUT2D eigenvalue weighted by Crippen LogP contribution is -2.51. The topological polar surface area (TPSA) is 88.4 Å². The zero-order valence-electron chi connectivity index (χ0n) is 22.2. The van der Waals surface area contributed by atoms with Crippen LogP contribution in [0.5, 0.6) is 5.75 Å². The maximum atomic E-state index is 13.2. The van der Waals surface area contributed by atoms with Crippen LogP contribution in [0.15, 0.2) is 36.8 Å². The Morgan fingerprint density at radius 2 is 1.84 bits per heavy atom. The first kappa shape index (κ1) is 29.9. The van der Waals surface area contributed by atoms with E-state index < -0.39 is 0 Å². The van der Waals surface area contributed by atoms with Gasteiger partial charge in [-0.2, -0.15) is 5.10 Å². The van der Waals surface area contributed by atoms with E-state index in [4.69, 9.17) is 4.74 Å². The molecule has 0 radical (unpaired) electrons. The highest BCUT2D eigenvalue weighted by Gasteiger charge is 2.31. The second-order valence-corrected chi connectivity index (χ2v) is 9.90. The molecule has 2 fully saturated rings. The van der Waals surface area contributed by atoms with E-state index in [1.165, 1.54) is 0 Å². The van der Waals surface area contributed by atoms with Crippen molar-refractivity contribution in [1.29, 1.82) is 0 Å². The van der Waals surface area contributed by atoms with Crippen molar-refractivity contribution in [3.05, 3.63) is 42.4 Å². The van der Waals surface area contributed by atoms with E-state index in [0.29, 0.717) is 25.0 Å². The summed E-state index contributed by atoms with van der Waals surface area (Å²) in [7, 11) is 2.01. The highest BCUT2D eigenvalue weighted by molar-refractivity contribution is 5.87. The van der Waals surface area contributed by atoms with Gasteiger partial charge in [0.1, 0.15) is 17.9 Å². The van der Waals surface area contributed by atoms with Crippen LogP contribution in [-0.4, -0.2) is 76.9 Å². The van der Waals surface area contributed by atoms with E-state index in [2.05, 4.69) is 36.2 Å². The van der Waals surface area contributed by atoms with Crippen LogP contribution >= 0.6 is 24.8 Å². The number of anilines is 1. The van der Waals surface area contributed by atoms with Crippen molar-refractivity contribution in [2.75, 3.05) is 51.3 Å². The summed E-state index contributed by atoms with van der Waals surface area (Å²) in [6.45, 7) is 7.31. The maximum Gasteiger partial charge on any atom is 0.225 e. The third kappa shape index (κ3) is 6.68. The molecule has 11 heteroatoms. The summed E-state index contributed by atoms with van der Waals surface area (Å²) in [5.74, 6) is 3.00. The molecule has 1 N–H and O–H groups in total. The largest absolute Gasteiger partial charge is 0.494 e. The number of nitrogens with one attached hydrogen (secondary N) is 1. The van der Waals surface area contributed by atoms with Gasteiger partial charge in [0, 0.05) is 32.1 Å². The summed E-state index contributed by atoms with van der Waals surface area (Å²) in [5.41, 5.74) is 1.93. The zero-order chi connectivity index (χ0) is 24.9. The number of carbonyl (C=O) groups is 1.